The number of nitrogens with one attached hydrogen (secondary N) is 1. The third kappa shape index (κ3) is 5.33. The molecule has 1 aromatic carbocycles. The summed E-state index contributed by atoms with van der Waals surface area (Å²) in [6, 6.07) is 6.13. The fourth-order valence-electron chi connectivity index (χ4n) is 5.28. The van der Waals surface area contributed by atoms with Crippen LogP contribution < -0.4 is 10.1 Å². The van der Waals surface area contributed by atoms with Crippen molar-refractivity contribution in [3.8, 4) is 5.75 Å². The maximum absolute atomic E-state index is 12.4. The summed E-state index contributed by atoms with van der Waals surface area (Å²) in [4.78, 5) is 0. The van der Waals surface area contributed by atoms with Crippen LogP contribution in [0.15, 0.2) is 48.1 Å². The van der Waals surface area contributed by atoms with Gasteiger partial charge in [0, 0.05) is 11.6 Å². The molecule has 0 aliphatic heterocycles. The average Bonchev–Trinajstić information content (AvgIpc) is 2.53. The van der Waals surface area contributed by atoms with Crippen LogP contribution in [0.2, 0.25) is 0 Å². The van der Waals surface area contributed by atoms with Crippen LogP contribution >= 0.6 is 0 Å². The zero-order valence-electron chi connectivity index (χ0n) is 17.0. The molecule has 5 heteroatoms. The second-order valence-corrected chi connectivity index (χ2v) is 9.24. The van der Waals surface area contributed by atoms with Crippen LogP contribution in [0, 0.1) is 23.2 Å². The Morgan fingerprint density at radius 2 is 1.79 bits per heavy atom. The Morgan fingerprint density at radius 1 is 1.11 bits per heavy atom. The van der Waals surface area contributed by atoms with Crippen molar-refractivity contribution in [2.45, 2.75) is 59.4 Å². The van der Waals surface area contributed by atoms with Crippen molar-refractivity contribution in [1.29, 1.82) is 0 Å². The zero-order valence-corrected chi connectivity index (χ0v) is 17.0. The first kappa shape index (κ1) is 20.8. The number of anilines is 1. The predicted molar refractivity (Wildman–Crippen MR) is 107 cm³/mol. The van der Waals surface area contributed by atoms with Crippen LogP contribution in [-0.4, -0.2) is 12.4 Å². The molecule has 0 heterocycles. The Hall–Kier alpha value is -1.91. The van der Waals surface area contributed by atoms with Gasteiger partial charge in [-0.25, -0.2) is 0 Å². The van der Waals surface area contributed by atoms with Gasteiger partial charge in [0.25, 0.3) is 0 Å². The molecular weight excluding hydrogens is 363 g/mol. The molecular formula is C23H30F3NO. The van der Waals surface area contributed by atoms with E-state index < -0.39 is 6.36 Å². The van der Waals surface area contributed by atoms with E-state index >= 15 is 0 Å². The highest BCUT2D eigenvalue weighted by Crippen LogP contribution is 2.47. The normalized spacial score (nSPS) is 29.9. The largest absolute Gasteiger partial charge is 0.573 e. The summed E-state index contributed by atoms with van der Waals surface area (Å²) in [6.07, 6.45) is 5.43. The molecule has 2 nitrogen and oxygen atoms in total. The Balaban J connectivity index is 1.74. The molecule has 1 saturated carbocycles. The van der Waals surface area contributed by atoms with Gasteiger partial charge in [-0.2, -0.15) is 0 Å². The number of hydrogen-bond acceptors (Lipinski definition) is 2. The van der Waals surface area contributed by atoms with Crippen molar-refractivity contribution >= 4 is 5.69 Å². The van der Waals surface area contributed by atoms with Crippen LogP contribution in [0.1, 0.15) is 47.0 Å². The van der Waals surface area contributed by atoms with E-state index in [0.29, 0.717) is 23.2 Å². The number of rotatable bonds is 4. The first-order chi connectivity index (χ1) is 13.0. The lowest BCUT2D eigenvalue weighted by Crippen LogP contribution is -2.40. The number of halogens is 3. The SMILES string of the molecule is CC1=CC=CC(Nc2ccc(OC(F)(F)F)cc2)C1[C@H]1C[C@@H](C)CC(C)(C)C1. The molecule has 0 spiro atoms. The second-order valence-electron chi connectivity index (χ2n) is 9.24. The number of allylic oxidation sites excluding steroid dienone is 2. The van der Waals surface area contributed by atoms with Gasteiger partial charge < -0.3 is 10.1 Å². The molecule has 0 radical (unpaired) electrons. The number of alkyl halides is 3. The highest BCUT2D eigenvalue weighted by Gasteiger charge is 2.39. The fourth-order valence-corrected chi connectivity index (χ4v) is 5.28. The summed E-state index contributed by atoms with van der Waals surface area (Å²) in [5.74, 6) is 1.48. The molecule has 28 heavy (non-hydrogen) atoms. The zero-order chi connectivity index (χ0) is 20.5. The molecule has 0 bridgehead atoms. The van der Waals surface area contributed by atoms with Gasteiger partial charge in [-0.1, -0.05) is 44.6 Å². The van der Waals surface area contributed by atoms with Gasteiger partial charge in [-0.15, -0.1) is 13.2 Å². The minimum absolute atomic E-state index is 0.130. The first-order valence-electron chi connectivity index (χ1n) is 10.00. The van der Waals surface area contributed by atoms with Gasteiger partial charge in [-0.05, 0) is 67.7 Å². The molecule has 0 aromatic heterocycles. The molecule has 0 amide bonds. The van der Waals surface area contributed by atoms with Gasteiger partial charge >= 0.3 is 6.36 Å². The van der Waals surface area contributed by atoms with E-state index in [4.69, 9.17) is 0 Å². The minimum Gasteiger partial charge on any atom is -0.406 e. The third-order valence-electron chi connectivity index (χ3n) is 5.94. The standard InChI is InChI=1S/C23H30F3NO/c1-15-12-17(14-22(3,4)13-15)21-16(2)6-5-7-20(21)27-18-8-10-19(11-9-18)28-23(24,25)26/h5-11,15,17,20-21,27H,12-14H2,1-4H3/t15-,17+,20?,21?/m1/s1. The summed E-state index contributed by atoms with van der Waals surface area (Å²) >= 11 is 0. The number of benzene rings is 1. The highest BCUT2D eigenvalue weighted by molar-refractivity contribution is 5.49. The van der Waals surface area contributed by atoms with Gasteiger partial charge in [0.05, 0.1) is 6.04 Å². The van der Waals surface area contributed by atoms with Crippen LogP contribution in [0.4, 0.5) is 18.9 Å². The highest BCUT2D eigenvalue weighted by atomic mass is 19.4. The summed E-state index contributed by atoms with van der Waals surface area (Å²) in [5.41, 5.74) is 2.50. The van der Waals surface area contributed by atoms with E-state index in [0.717, 1.165) is 5.69 Å². The Bertz CT molecular complexity index is 733. The average molecular weight is 393 g/mol. The van der Waals surface area contributed by atoms with Crippen LogP contribution in [-0.2, 0) is 0 Å². The Kier molecular flexibility index (Phi) is 5.83. The van der Waals surface area contributed by atoms with E-state index in [1.165, 1.54) is 37.0 Å². The van der Waals surface area contributed by atoms with Crippen molar-refractivity contribution in [2.75, 3.05) is 5.32 Å². The van der Waals surface area contributed by atoms with E-state index in [-0.39, 0.29) is 11.8 Å². The van der Waals surface area contributed by atoms with Gasteiger partial charge in [0.15, 0.2) is 0 Å². The molecule has 4 atom stereocenters. The van der Waals surface area contributed by atoms with Crippen LogP contribution in [0.25, 0.3) is 0 Å². The molecule has 0 saturated heterocycles. The molecule has 3 rings (SSSR count). The Morgan fingerprint density at radius 3 is 2.39 bits per heavy atom. The molecule has 1 N–H and O–H groups in total. The van der Waals surface area contributed by atoms with Gasteiger partial charge in [0.1, 0.15) is 5.75 Å². The van der Waals surface area contributed by atoms with Gasteiger partial charge in [0.2, 0.25) is 0 Å². The second kappa shape index (κ2) is 7.84. The summed E-state index contributed by atoms with van der Waals surface area (Å²) in [7, 11) is 0. The topological polar surface area (TPSA) is 21.3 Å². The number of ether oxygens (including phenoxy) is 1. The van der Waals surface area contributed by atoms with Crippen molar-refractivity contribution in [2.24, 2.45) is 23.2 Å². The van der Waals surface area contributed by atoms with Crippen molar-refractivity contribution in [1.82, 2.24) is 0 Å². The first-order valence-corrected chi connectivity index (χ1v) is 10.00. The monoisotopic (exact) mass is 393 g/mol. The molecule has 1 fully saturated rings. The molecule has 2 aliphatic carbocycles. The smallest absolute Gasteiger partial charge is 0.406 e. The summed E-state index contributed by atoms with van der Waals surface area (Å²) in [5, 5.41) is 3.53. The van der Waals surface area contributed by atoms with Gasteiger partial charge in [-0.3, -0.25) is 0 Å². The molecule has 2 aliphatic rings. The fraction of sp³-hybridized carbons (Fsp3) is 0.565. The quantitative estimate of drug-likeness (QED) is 0.597. The van der Waals surface area contributed by atoms with Crippen molar-refractivity contribution in [3.05, 3.63) is 48.1 Å². The summed E-state index contributed by atoms with van der Waals surface area (Å²) < 4.78 is 41.0. The lowest BCUT2D eigenvalue weighted by atomic mass is 9.62. The van der Waals surface area contributed by atoms with Crippen LogP contribution in [0.3, 0.4) is 0 Å². The maximum atomic E-state index is 12.4. The predicted octanol–water partition coefficient (Wildman–Crippen LogP) is 6.96. The molecule has 1 aromatic rings. The van der Waals surface area contributed by atoms with E-state index in [2.05, 4.69) is 56.0 Å². The van der Waals surface area contributed by atoms with E-state index in [1.807, 2.05) is 0 Å². The Labute approximate surface area is 165 Å². The number of hydrogen-bond donors (Lipinski definition) is 1. The van der Waals surface area contributed by atoms with E-state index in [9.17, 15) is 13.2 Å². The maximum Gasteiger partial charge on any atom is 0.573 e. The molecule has 154 valence electrons. The third-order valence-corrected chi connectivity index (χ3v) is 5.94. The lowest BCUT2D eigenvalue weighted by Gasteiger charge is -2.45. The lowest BCUT2D eigenvalue weighted by molar-refractivity contribution is -0.274. The van der Waals surface area contributed by atoms with Crippen molar-refractivity contribution in [3.63, 3.8) is 0 Å². The van der Waals surface area contributed by atoms with Crippen molar-refractivity contribution < 1.29 is 17.9 Å². The van der Waals surface area contributed by atoms with Crippen LogP contribution in [0.5, 0.6) is 5.75 Å². The van der Waals surface area contributed by atoms with E-state index in [1.54, 1.807) is 12.1 Å². The minimum atomic E-state index is -4.67. The molecule has 2 unspecified atom stereocenters. The summed E-state index contributed by atoms with van der Waals surface area (Å²) in [6.45, 7) is 9.24.